The zero-order chi connectivity index (χ0) is 20.8. The summed E-state index contributed by atoms with van der Waals surface area (Å²) in [6.45, 7) is 0. The molecule has 0 aliphatic rings. The molecule has 146 valence electrons. The van der Waals surface area contributed by atoms with E-state index < -0.39 is 11.9 Å². The first-order valence-corrected chi connectivity index (χ1v) is 10.4. The number of halogens is 1. The highest BCUT2D eigenvalue weighted by Crippen LogP contribution is 2.24. The Kier molecular flexibility index (Phi) is 6.85. The molecular weight excluding hydrogens is 454 g/mol. The summed E-state index contributed by atoms with van der Waals surface area (Å²) < 4.78 is 0.912. The van der Waals surface area contributed by atoms with Crippen LogP contribution in [0.25, 0.3) is 0 Å². The molecule has 2 N–H and O–H groups in total. The smallest absolute Gasteiger partial charge is 0.336 e. The van der Waals surface area contributed by atoms with Gasteiger partial charge in [0.25, 0.3) is 5.91 Å². The second kappa shape index (κ2) is 9.54. The van der Waals surface area contributed by atoms with Gasteiger partial charge in [0.05, 0.1) is 16.9 Å². The van der Waals surface area contributed by atoms with Gasteiger partial charge in [0, 0.05) is 20.6 Å². The number of hydrogen-bond donors (Lipinski definition) is 2. The standard InChI is InChI=1S/C22H16BrNO4S/c23-15-10-8-14(9-11-15)20(25)13-29-17-5-3-4-16(12-17)24-21(26)18-6-1-2-7-19(18)22(27)28/h1-12H,13H2,(H,24,26)(H,27,28). The van der Waals surface area contributed by atoms with E-state index in [0.717, 1.165) is 9.37 Å². The van der Waals surface area contributed by atoms with Gasteiger partial charge in [0.1, 0.15) is 0 Å². The Balaban J connectivity index is 1.67. The number of benzene rings is 3. The summed E-state index contributed by atoms with van der Waals surface area (Å²) >= 11 is 4.71. The average molecular weight is 470 g/mol. The van der Waals surface area contributed by atoms with Crippen molar-refractivity contribution in [2.75, 3.05) is 11.1 Å². The van der Waals surface area contributed by atoms with E-state index in [4.69, 9.17) is 0 Å². The summed E-state index contributed by atoms with van der Waals surface area (Å²) in [5.41, 5.74) is 1.19. The Morgan fingerprint density at radius 2 is 1.59 bits per heavy atom. The minimum absolute atomic E-state index is 0.00678. The van der Waals surface area contributed by atoms with Crippen LogP contribution in [0.3, 0.4) is 0 Å². The van der Waals surface area contributed by atoms with Gasteiger partial charge in [-0.2, -0.15) is 0 Å². The van der Waals surface area contributed by atoms with Gasteiger partial charge >= 0.3 is 5.97 Å². The van der Waals surface area contributed by atoms with Crippen molar-refractivity contribution in [2.45, 2.75) is 4.90 Å². The zero-order valence-electron chi connectivity index (χ0n) is 15.1. The number of thioether (sulfide) groups is 1. The van der Waals surface area contributed by atoms with E-state index in [-0.39, 0.29) is 22.7 Å². The van der Waals surface area contributed by atoms with Crippen LogP contribution in [0, 0.1) is 0 Å². The van der Waals surface area contributed by atoms with Crippen LogP contribution in [0.4, 0.5) is 5.69 Å². The minimum Gasteiger partial charge on any atom is -0.478 e. The van der Waals surface area contributed by atoms with Crippen LogP contribution >= 0.6 is 27.7 Å². The van der Waals surface area contributed by atoms with Crippen LogP contribution in [0.5, 0.6) is 0 Å². The van der Waals surface area contributed by atoms with Crippen molar-refractivity contribution in [3.05, 3.63) is 94.0 Å². The summed E-state index contributed by atoms with van der Waals surface area (Å²) in [4.78, 5) is 36.9. The molecule has 29 heavy (non-hydrogen) atoms. The first kappa shape index (κ1) is 20.8. The van der Waals surface area contributed by atoms with Crippen LogP contribution < -0.4 is 5.32 Å². The fraction of sp³-hybridized carbons (Fsp3) is 0.0455. The van der Waals surface area contributed by atoms with E-state index >= 15 is 0 Å². The molecule has 0 fully saturated rings. The van der Waals surface area contributed by atoms with Crippen molar-refractivity contribution < 1.29 is 19.5 Å². The molecule has 0 bridgehead atoms. The second-order valence-electron chi connectivity index (χ2n) is 6.05. The number of carboxylic acids is 1. The molecule has 3 aromatic rings. The summed E-state index contributed by atoms with van der Waals surface area (Å²) in [7, 11) is 0. The number of nitrogens with one attached hydrogen (secondary N) is 1. The number of hydrogen-bond acceptors (Lipinski definition) is 4. The molecule has 0 radical (unpaired) electrons. The Hall–Kier alpha value is -2.90. The van der Waals surface area contributed by atoms with Gasteiger partial charge in [-0.05, 0) is 42.5 Å². The van der Waals surface area contributed by atoms with E-state index in [2.05, 4.69) is 21.2 Å². The number of carbonyl (C=O) groups excluding carboxylic acids is 2. The van der Waals surface area contributed by atoms with Crippen LogP contribution in [0.2, 0.25) is 0 Å². The highest BCUT2D eigenvalue weighted by molar-refractivity contribution is 9.10. The molecule has 0 aliphatic carbocycles. The molecular formula is C22H16BrNO4S. The summed E-state index contributed by atoms with van der Waals surface area (Å²) in [5, 5.41) is 12.0. The van der Waals surface area contributed by atoms with Gasteiger partial charge in [0.15, 0.2) is 5.78 Å². The third-order valence-electron chi connectivity index (χ3n) is 4.03. The van der Waals surface area contributed by atoms with Gasteiger partial charge in [-0.3, -0.25) is 9.59 Å². The summed E-state index contributed by atoms with van der Waals surface area (Å²) in [6.07, 6.45) is 0. The molecule has 0 spiro atoms. The zero-order valence-corrected chi connectivity index (χ0v) is 17.5. The Labute approximate surface area is 180 Å². The van der Waals surface area contributed by atoms with Crippen molar-refractivity contribution in [2.24, 2.45) is 0 Å². The molecule has 0 atom stereocenters. The van der Waals surface area contributed by atoms with Gasteiger partial charge < -0.3 is 10.4 Å². The quantitative estimate of drug-likeness (QED) is 0.358. The number of rotatable bonds is 7. The Morgan fingerprint density at radius 1 is 0.897 bits per heavy atom. The molecule has 1 amide bonds. The number of amides is 1. The predicted molar refractivity (Wildman–Crippen MR) is 117 cm³/mol. The molecule has 7 heteroatoms. The molecule has 3 aromatic carbocycles. The van der Waals surface area contributed by atoms with Crippen molar-refractivity contribution in [3.8, 4) is 0 Å². The normalized spacial score (nSPS) is 10.4. The maximum atomic E-state index is 12.5. The van der Waals surface area contributed by atoms with Crippen molar-refractivity contribution >= 4 is 51.0 Å². The third-order valence-corrected chi connectivity index (χ3v) is 5.55. The third kappa shape index (κ3) is 5.56. The molecule has 3 rings (SSSR count). The van der Waals surface area contributed by atoms with Gasteiger partial charge in [-0.1, -0.05) is 46.3 Å². The number of Topliss-reactive ketones (excluding diaryl/α,β-unsaturated/α-hetero) is 1. The number of carboxylic acid groups (broad SMARTS) is 1. The predicted octanol–water partition coefficient (Wildman–Crippen LogP) is 5.37. The lowest BCUT2D eigenvalue weighted by Crippen LogP contribution is -2.16. The number of carbonyl (C=O) groups is 3. The van der Waals surface area contributed by atoms with Crippen LogP contribution in [0.1, 0.15) is 31.1 Å². The largest absolute Gasteiger partial charge is 0.478 e. The minimum atomic E-state index is -1.16. The Morgan fingerprint density at radius 3 is 2.28 bits per heavy atom. The number of ketones is 1. The SMILES string of the molecule is O=C(CSc1cccc(NC(=O)c2ccccc2C(=O)O)c1)c1ccc(Br)cc1. The van der Waals surface area contributed by atoms with E-state index in [9.17, 15) is 19.5 Å². The van der Waals surface area contributed by atoms with Crippen LogP contribution in [-0.2, 0) is 0 Å². The van der Waals surface area contributed by atoms with E-state index in [0.29, 0.717) is 11.3 Å². The first-order valence-electron chi connectivity index (χ1n) is 8.59. The maximum absolute atomic E-state index is 12.5. The average Bonchev–Trinajstić information content (AvgIpc) is 2.72. The van der Waals surface area contributed by atoms with E-state index in [1.807, 2.05) is 18.2 Å². The second-order valence-corrected chi connectivity index (χ2v) is 8.02. The molecule has 0 aromatic heterocycles. The molecule has 0 unspecified atom stereocenters. The molecule has 0 aliphatic heterocycles. The van der Waals surface area contributed by atoms with E-state index in [1.165, 1.54) is 23.9 Å². The lowest BCUT2D eigenvalue weighted by Gasteiger charge is -2.09. The highest BCUT2D eigenvalue weighted by Gasteiger charge is 2.16. The molecule has 5 nitrogen and oxygen atoms in total. The fourth-order valence-corrected chi connectivity index (χ4v) is 3.71. The van der Waals surface area contributed by atoms with Gasteiger partial charge in [-0.25, -0.2) is 4.79 Å². The molecule has 0 heterocycles. The summed E-state index contributed by atoms with van der Waals surface area (Å²) in [6, 6.07) is 20.3. The van der Waals surface area contributed by atoms with E-state index in [1.54, 1.807) is 42.5 Å². The topological polar surface area (TPSA) is 83.5 Å². The lowest BCUT2D eigenvalue weighted by molar-refractivity contribution is 0.0692. The van der Waals surface area contributed by atoms with Crippen molar-refractivity contribution in [3.63, 3.8) is 0 Å². The first-order chi connectivity index (χ1) is 13.9. The van der Waals surface area contributed by atoms with Gasteiger partial charge in [-0.15, -0.1) is 11.8 Å². The lowest BCUT2D eigenvalue weighted by atomic mass is 10.1. The summed E-state index contributed by atoms with van der Waals surface area (Å²) in [5.74, 6) is -1.39. The molecule has 0 saturated carbocycles. The van der Waals surface area contributed by atoms with Crippen molar-refractivity contribution in [1.82, 2.24) is 0 Å². The monoisotopic (exact) mass is 469 g/mol. The van der Waals surface area contributed by atoms with Crippen LogP contribution in [-0.4, -0.2) is 28.5 Å². The van der Waals surface area contributed by atoms with Gasteiger partial charge in [0.2, 0.25) is 0 Å². The fourth-order valence-electron chi connectivity index (χ4n) is 2.60. The maximum Gasteiger partial charge on any atom is 0.336 e. The molecule has 0 saturated heterocycles. The number of aromatic carboxylic acids is 1. The number of anilines is 1. The highest BCUT2D eigenvalue weighted by atomic mass is 79.9. The van der Waals surface area contributed by atoms with Crippen molar-refractivity contribution in [1.29, 1.82) is 0 Å². The Bertz CT molecular complexity index is 1070. The van der Waals surface area contributed by atoms with Crippen LogP contribution in [0.15, 0.2) is 82.2 Å².